The molecule has 2 aromatic carbocycles. The number of anilines is 1. The largest absolute Gasteiger partial charge is 0.497 e. The van der Waals surface area contributed by atoms with E-state index >= 15 is 0 Å². The fraction of sp³-hybridized carbons (Fsp3) is 0.316. The SMILES string of the molecule is CCOc1ccccc1NC(=S)N[C@H](C)COc1ccc(OC)cc1. The molecule has 0 saturated heterocycles. The molecule has 0 unspecified atom stereocenters. The number of thiocarbonyl (C=S) groups is 1. The number of methoxy groups -OCH3 is 1. The maximum atomic E-state index is 5.75. The van der Waals surface area contributed by atoms with E-state index in [0.29, 0.717) is 18.3 Å². The quantitative estimate of drug-likeness (QED) is 0.698. The average Bonchev–Trinajstić information content (AvgIpc) is 2.62. The predicted molar refractivity (Wildman–Crippen MR) is 105 cm³/mol. The molecule has 1 atom stereocenters. The first-order valence-electron chi connectivity index (χ1n) is 8.18. The van der Waals surface area contributed by atoms with Crippen LogP contribution < -0.4 is 24.8 Å². The smallest absolute Gasteiger partial charge is 0.171 e. The van der Waals surface area contributed by atoms with Gasteiger partial charge in [-0.2, -0.15) is 0 Å². The molecule has 0 amide bonds. The Bertz CT molecular complexity index is 677. The van der Waals surface area contributed by atoms with Gasteiger partial charge in [0.05, 0.1) is 25.4 Å². The summed E-state index contributed by atoms with van der Waals surface area (Å²) in [6.45, 7) is 5.05. The van der Waals surface area contributed by atoms with Crippen LogP contribution in [0.4, 0.5) is 5.69 Å². The molecule has 0 saturated carbocycles. The standard InChI is InChI=1S/C19H24N2O3S/c1-4-23-18-8-6-5-7-17(18)21-19(25)20-14(2)13-24-16-11-9-15(22-3)10-12-16/h5-12,14H,4,13H2,1-3H3,(H2,20,21,25)/t14-/m1/s1. The summed E-state index contributed by atoms with van der Waals surface area (Å²) in [5.74, 6) is 2.36. The first-order valence-corrected chi connectivity index (χ1v) is 8.59. The van der Waals surface area contributed by atoms with Crippen LogP contribution in [-0.4, -0.2) is 31.5 Å². The molecule has 0 bridgehead atoms. The van der Waals surface area contributed by atoms with Crippen molar-refractivity contribution in [2.24, 2.45) is 0 Å². The molecule has 2 aromatic rings. The lowest BCUT2D eigenvalue weighted by Crippen LogP contribution is -2.39. The van der Waals surface area contributed by atoms with E-state index in [2.05, 4.69) is 10.6 Å². The number of nitrogens with one attached hydrogen (secondary N) is 2. The van der Waals surface area contributed by atoms with E-state index in [9.17, 15) is 0 Å². The third-order valence-corrected chi connectivity index (χ3v) is 3.59. The summed E-state index contributed by atoms with van der Waals surface area (Å²) in [4.78, 5) is 0. The predicted octanol–water partition coefficient (Wildman–Crippen LogP) is 3.85. The zero-order valence-electron chi connectivity index (χ0n) is 14.7. The molecule has 0 radical (unpaired) electrons. The monoisotopic (exact) mass is 360 g/mol. The molecule has 6 heteroatoms. The highest BCUT2D eigenvalue weighted by Gasteiger charge is 2.08. The van der Waals surface area contributed by atoms with Gasteiger partial charge in [-0.15, -0.1) is 0 Å². The molecule has 0 aromatic heterocycles. The highest BCUT2D eigenvalue weighted by atomic mass is 32.1. The first kappa shape index (κ1) is 18.9. The Balaban J connectivity index is 1.81. The van der Waals surface area contributed by atoms with Gasteiger partial charge in [0.25, 0.3) is 0 Å². The number of hydrogen-bond acceptors (Lipinski definition) is 4. The van der Waals surface area contributed by atoms with Crippen molar-refractivity contribution in [2.75, 3.05) is 25.6 Å². The van der Waals surface area contributed by atoms with Crippen molar-refractivity contribution in [3.63, 3.8) is 0 Å². The third-order valence-electron chi connectivity index (χ3n) is 3.37. The normalized spacial score (nSPS) is 11.3. The highest BCUT2D eigenvalue weighted by molar-refractivity contribution is 7.80. The van der Waals surface area contributed by atoms with Gasteiger partial charge in [-0.05, 0) is 62.5 Å². The lowest BCUT2D eigenvalue weighted by atomic mass is 10.3. The van der Waals surface area contributed by atoms with Crippen LogP contribution in [0.3, 0.4) is 0 Å². The summed E-state index contributed by atoms with van der Waals surface area (Å²) in [5.41, 5.74) is 0.838. The van der Waals surface area contributed by atoms with Gasteiger partial charge in [0.2, 0.25) is 0 Å². The van der Waals surface area contributed by atoms with Gasteiger partial charge < -0.3 is 24.8 Å². The Labute approximate surface area is 154 Å². The van der Waals surface area contributed by atoms with Crippen LogP contribution in [0.25, 0.3) is 0 Å². The van der Waals surface area contributed by atoms with Crippen molar-refractivity contribution in [2.45, 2.75) is 19.9 Å². The lowest BCUT2D eigenvalue weighted by Gasteiger charge is -2.19. The summed E-state index contributed by atoms with van der Waals surface area (Å²) in [6.07, 6.45) is 0. The van der Waals surface area contributed by atoms with Crippen LogP contribution in [-0.2, 0) is 0 Å². The topological polar surface area (TPSA) is 51.8 Å². The van der Waals surface area contributed by atoms with Gasteiger partial charge in [0.15, 0.2) is 5.11 Å². The second-order valence-corrected chi connectivity index (χ2v) is 5.82. The minimum Gasteiger partial charge on any atom is -0.497 e. The van der Waals surface area contributed by atoms with Gasteiger partial charge in [0.1, 0.15) is 23.9 Å². The van der Waals surface area contributed by atoms with Crippen molar-refractivity contribution in [3.05, 3.63) is 48.5 Å². The Hall–Kier alpha value is -2.47. The minimum absolute atomic E-state index is 0.0429. The van der Waals surface area contributed by atoms with E-state index in [1.165, 1.54) is 0 Å². The van der Waals surface area contributed by atoms with Crippen molar-refractivity contribution in [3.8, 4) is 17.2 Å². The second kappa shape index (κ2) is 9.74. The lowest BCUT2D eigenvalue weighted by molar-refractivity contribution is 0.286. The number of hydrogen-bond donors (Lipinski definition) is 2. The summed E-state index contributed by atoms with van der Waals surface area (Å²) < 4.78 is 16.5. The summed E-state index contributed by atoms with van der Waals surface area (Å²) in [7, 11) is 1.64. The summed E-state index contributed by atoms with van der Waals surface area (Å²) in [5, 5.41) is 6.89. The number of rotatable bonds is 8. The van der Waals surface area contributed by atoms with Gasteiger partial charge in [0, 0.05) is 0 Å². The van der Waals surface area contributed by atoms with Crippen LogP contribution in [0.1, 0.15) is 13.8 Å². The molecule has 5 nitrogen and oxygen atoms in total. The van der Waals surface area contributed by atoms with Crippen molar-refractivity contribution in [1.82, 2.24) is 5.32 Å². The van der Waals surface area contributed by atoms with Crippen LogP contribution in [0.15, 0.2) is 48.5 Å². The molecule has 25 heavy (non-hydrogen) atoms. The van der Waals surface area contributed by atoms with E-state index in [1.54, 1.807) is 7.11 Å². The van der Waals surface area contributed by atoms with Crippen LogP contribution in [0, 0.1) is 0 Å². The van der Waals surface area contributed by atoms with Gasteiger partial charge in [-0.1, -0.05) is 12.1 Å². The maximum Gasteiger partial charge on any atom is 0.171 e. The molecule has 0 aliphatic carbocycles. The first-order chi connectivity index (χ1) is 12.1. The van der Waals surface area contributed by atoms with Crippen molar-refractivity contribution in [1.29, 1.82) is 0 Å². The molecule has 0 aliphatic rings. The van der Waals surface area contributed by atoms with Crippen LogP contribution >= 0.6 is 12.2 Å². The van der Waals surface area contributed by atoms with E-state index in [0.717, 1.165) is 22.9 Å². The molecule has 0 fully saturated rings. The Morgan fingerprint density at radius 1 is 1.04 bits per heavy atom. The van der Waals surface area contributed by atoms with E-state index < -0.39 is 0 Å². The highest BCUT2D eigenvalue weighted by Crippen LogP contribution is 2.23. The second-order valence-electron chi connectivity index (χ2n) is 5.42. The van der Waals surface area contributed by atoms with Gasteiger partial charge in [-0.25, -0.2) is 0 Å². The summed E-state index contributed by atoms with van der Waals surface area (Å²) >= 11 is 5.37. The Morgan fingerprint density at radius 2 is 1.72 bits per heavy atom. The zero-order chi connectivity index (χ0) is 18.1. The van der Waals surface area contributed by atoms with Crippen LogP contribution in [0.2, 0.25) is 0 Å². The molecule has 0 spiro atoms. The fourth-order valence-electron chi connectivity index (χ4n) is 2.17. The fourth-order valence-corrected chi connectivity index (χ4v) is 2.48. The summed E-state index contributed by atoms with van der Waals surface area (Å²) in [6, 6.07) is 15.2. The molecule has 0 heterocycles. The van der Waals surface area contributed by atoms with E-state index in [4.69, 9.17) is 26.4 Å². The average molecular weight is 360 g/mol. The maximum absolute atomic E-state index is 5.75. The number of para-hydroxylation sites is 2. The number of ether oxygens (including phenoxy) is 3. The van der Waals surface area contributed by atoms with Crippen LogP contribution in [0.5, 0.6) is 17.2 Å². The molecule has 2 rings (SSSR count). The molecule has 0 aliphatic heterocycles. The van der Waals surface area contributed by atoms with E-state index in [-0.39, 0.29) is 6.04 Å². The van der Waals surface area contributed by atoms with Gasteiger partial charge in [-0.3, -0.25) is 0 Å². The minimum atomic E-state index is 0.0429. The van der Waals surface area contributed by atoms with E-state index in [1.807, 2.05) is 62.4 Å². The zero-order valence-corrected chi connectivity index (χ0v) is 15.6. The molecule has 2 N–H and O–H groups in total. The van der Waals surface area contributed by atoms with Crippen molar-refractivity contribution < 1.29 is 14.2 Å². The number of benzene rings is 2. The van der Waals surface area contributed by atoms with Crippen molar-refractivity contribution >= 4 is 23.0 Å². The molecule has 134 valence electrons. The van der Waals surface area contributed by atoms with Gasteiger partial charge >= 0.3 is 0 Å². The molecular weight excluding hydrogens is 336 g/mol. The molecular formula is C19H24N2O3S. The Morgan fingerprint density at radius 3 is 2.40 bits per heavy atom. The third kappa shape index (κ3) is 6.15. The Kier molecular flexibility index (Phi) is 7.35.